The van der Waals surface area contributed by atoms with Gasteiger partial charge in [-0.1, -0.05) is 91.2 Å². The van der Waals surface area contributed by atoms with Crippen molar-refractivity contribution in [3.05, 3.63) is 118 Å². The zero-order valence-electron chi connectivity index (χ0n) is 18.4. The minimum atomic E-state index is -0.577. The van der Waals surface area contributed by atoms with E-state index in [4.69, 9.17) is 4.74 Å². The Hall–Kier alpha value is -3.32. The molecule has 0 unspecified atom stereocenters. The van der Waals surface area contributed by atoms with Gasteiger partial charge in [0.2, 0.25) is 0 Å². The van der Waals surface area contributed by atoms with Crippen LogP contribution >= 0.6 is 0 Å². The van der Waals surface area contributed by atoms with Crippen molar-refractivity contribution in [2.24, 2.45) is 0 Å². The Kier molecular flexibility index (Phi) is 3.63. The molecule has 0 bridgehead atoms. The van der Waals surface area contributed by atoms with Crippen LogP contribution in [-0.4, -0.2) is 0 Å². The van der Waals surface area contributed by atoms with Gasteiger partial charge in [-0.3, -0.25) is 0 Å². The molecule has 1 fully saturated rings. The second kappa shape index (κ2) is 6.36. The molecule has 1 heterocycles. The molecule has 0 atom stereocenters. The van der Waals surface area contributed by atoms with Crippen molar-refractivity contribution in [2.45, 2.75) is 43.6 Å². The number of rotatable bonds is 0. The van der Waals surface area contributed by atoms with Crippen LogP contribution in [-0.2, 0) is 11.0 Å². The Morgan fingerprint density at radius 1 is 0.719 bits per heavy atom. The fraction of sp³-hybridized carbons (Fsp3) is 0.226. The standard InChI is InChI=1S/C31H26O/c1-21-12-14-23-22(20-21)13-15-29-24(23)16-19-31(32-29)27-10-4-2-8-25(27)30(17-6-7-18-30)26-9-3-5-11-28(26)31/h2-5,8-16,19-20H,6-7,17-18H2,1H3. The van der Waals surface area contributed by atoms with Gasteiger partial charge in [-0.25, -0.2) is 0 Å². The quantitative estimate of drug-likeness (QED) is 0.287. The van der Waals surface area contributed by atoms with Gasteiger partial charge in [-0.2, -0.15) is 0 Å². The normalized spacial score (nSPS) is 18.9. The largest absolute Gasteiger partial charge is 0.473 e. The van der Waals surface area contributed by atoms with E-state index in [0.29, 0.717) is 0 Å². The van der Waals surface area contributed by atoms with Gasteiger partial charge in [0.05, 0.1) is 0 Å². The Balaban J connectivity index is 1.51. The van der Waals surface area contributed by atoms with Crippen molar-refractivity contribution in [3.8, 4) is 5.75 Å². The van der Waals surface area contributed by atoms with Crippen LogP contribution < -0.4 is 4.74 Å². The van der Waals surface area contributed by atoms with E-state index in [2.05, 4.69) is 97.9 Å². The van der Waals surface area contributed by atoms with Crippen molar-refractivity contribution in [2.75, 3.05) is 0 Å². The predicted octanol–water partition coefficient (Wildman–Crippen LogP) is 7.67. The van der Waals surface area contributed by atoms with E-state index in [1.807, 2.05) is 0 Å². The van der Waals surface area contributed by atoms with Crippen molar-refractivity contribution in [3.63, 3.8) is 0 Å². The lowest BCUT2D eigenvalue weighted by atomic mass is 9.60. The highest BCUT2D eigenvalue weighted by Crippen LogP contribution is 2.58. The Bertz CT molecular complexity index is 1370. The van der Waals surface area contributed by atoms with Crippen molar-refractivity contribution in [1.29, 1.82) is 0 Å². The monoisotopic (exact) mass is 414 g/mol. The number of hydrogen-bond donors (Lipinski definition) is 0. The molecule has 1 nitrogen and oxygen atoms in total. The van der Waals surface area contributed by atoms with Crippen LogP contribution in [0, 0.1) is 6.92 Å². The van der Waals surface area contributed by atoms with Crippen molar-refractivity contribution >= 4 is 16.8 Å². The summed E-state index contributed by atoms with van der Waals surface area (Å²) in [6, 6.07) is 29.1. The molecule has 4 aromatic rings. The van der Waals surface area contributed by atoms with Crippen LogP contribution in [0.4, 0.5) is 0 Å². The number of benzene rings is 4. The SMILES string of the molecule is Cc1ccc2c3c(ccc2c1)OC1(C=C3)c2ccccc2C2(CCCC2)c2ccccc21. The summed E-state index contributed by atoms with van der Waals surface area (Å²) in [7, 11) is 0. The molecule has 0 saturated heterocycles. The van der Waals surface area contributed by atoms with Gasteiger partial charge in [-0.05, 0) is 59.9 Å². The molecule has 1 aliphatic heterocycles. The van der Waals surface area contributed by atoms with Gasteiger partial charge < -0.3 is 4.74 Å². The molecule has 7 rings (SSSR count). The third-order valence-corrected chi connectivity index (χ3v) is 8.08. The van der Waals surface area contributed by atoms with Crippen LogP contribution in [0.15, 0.2) is 84.9 Å². The highest BCUT2D eigenvalue weighted by molar-refractivity contribution is 5.94. The lowest BCUT2D eigenvalue weighted by Crippen LogP contribution is -2.44. The number of aryl methyl sites for hydroxylation is 1. The zero-order chi connectivity index (χ0) is 21.3. The highest BCUT2D eigenvalue weighted by Gasteiger charge is 2.52. The summed E-state index contributed by atoms with van der Waals surface area (Å²) in [6.07, 6.45) is 9.65. The molecule has 3 aliphatic rings. The van der Waals surface area contributed by atoms with Gasteiger partial charge in [0.1, 0.15) is 5.75 Å². The molecule has 2 spiro atoms. The van der Waals surface area contributed by atoms with E-state index in [-0.39, 0.29) is 5.41 Å². The number of ether oxygens (including phenoxy) is 1. The van der Waals surface area contributed by atoms with Crippen LogP contribution in [0.2, 0.25) is 0 Å². The molecule has 1 heteroatoms. The first-order chi connectivity index (χ1) is 15.7. The fourth-order valence-electron chi connectivity index (χ4n) is 6.67. The summed E-state index contributed by atoms with van der Waals surface area (Å²) in [5.74, 6) is 0.968. The van der Waals surface area contributed by atoms with Crippen molar-refractivity contribution in [1.82, 2.24) is 0 Å². The maximum absolute atomic E-state index is 7.07. The molecule has 32 heavy (non-hydrogen) atoms. The zero-order valence-corrected chi connectivity index (χ0v) is 18.4. The maximum atomic E-state index is 7.07. The minimum Gasteiger partial charge on any atom is -0.473 e. The average Bonchev–Trinajstić information content (AvgIpc) is 3.33. The molecule has 0 N–H and O–H groups in total. The van der Waals surface area contributed by atoms with Crippen LogP contribution in [0.3, 0.4) is 0 Å². The maximum Gasteiger partial charge on any atom is 0.178 e. The highest BCUT2D eigenvalue weighted by atomic mass is 16.5. The van der Waals surface area contributed by atoms with E-state index in [9.17, 15) is 0 Å². The molecule has 0 radical (unpaired) electrons. The van der Waals surface area contributed by atoms with Gasteiger partial charge in [-0.15, -0.1) is 0 Å². The first kappa shape index (κ1) is 18.3. The molecular weight excluding hydrogens is 388 g/mol. The minimum absolute atomic E-state index is 0.122. The summed E-state index contributed by atoms with van der Waals surface area (Å²) in [6.45, 7) is 2.15. The van der Waals surface area contributed by atoms with Gasteiger partial charge >= 0.3 is 0 Å². The van der Waals surface area contributed by atoms with Crippen LogP contribution in [0.5, 0.6) is 5.75 Å². The smallest absolute Gasteiger partial charge is 0.178 e. The molecular formula is C31H26O. The Labute approximate surface area is 189 Å². The van der Waals surface area contributed by atoms with E-state index < -0.39 is 5.60 Å². The lowest BCUT2D eigenvalue weighted by molar-refractivity contribution is 0.150. The third kappa shape index (κ3) is 2.24. The average molecular weight is 415 g/mol. The number of hydrogen-bond acceptors (Lipinski definition) is 1. The molecule has 156 valence electrons. The first-order valence-electron chi connectivity index (χ1n) is 11.8. The second-order valence-corrected chi connectivity index (χ2v) is 9.75. The molecule has 0 amide bonds. The van der Waals surface area contributed by atoms with E-state index in [1.54, 1.807) is 0 Å². The van der Waals surface area contributed by atoms with E-state index in [0.717, 1.165) is 5.75 Å². The molecule has 0 aromatic heterocycles. The second-order valence-electron chi connectivity index (χ2n) is 9.75. The van der Waals surface area contributed by atoms with Gasteiger partial charge in [0.15, 0.2) is 5.60 Å². The molecule has 2 aliphatic carbocycles. The Morgan fingerprint density at radius 3 is 2.06 bits per heavy atom. The summed E-state index contributed by atoms with van der Waals surface area (Å²) in [5.41, 5.74) is 7.55. The predicted molar refractivity (Wildman–Crippen MR) is 131 cm³/mol. The Morgan fingerprint density at radius 2 is 1.38 bits per heavy atom. The van der Waals surface area contributed by atoms with Gasteiger partial charge in [0, 0.05) is 22.1 Å². The van der Waals surface area contributed by atoms with E-state index in [1.165, 1.54) is 69.8 Å². The van der Waals surface area contributed by atoms with Crippen LogP contribution in [0.1, 0.15) is 59.1 Å². The fourth-order valence-corrected chi connectivity index (χ4v) is 6.67. The van der Waals surface area contributed by atoms with Crippen molar-refractivity contribution < 1.29 is 4.74 Å². The van der Waals surface area contributed by atoms with Gasteiger partial charge in [0.25, 0.3) is 0 Å². The molecule has 1 saturated carbocycles. The number of fused-ring (bicyclic) bond motifs is 9. The van der Waals surface area contributed by atoms with Crippen LogP contribution in [0.25, 0.3) is 16.8 Å². The topological polar surface area (TPSA) is 9.23 Å². The summed E-state index contributed by atoms with van der Waals surface area (Å²) in [4.78, 5) is 0. The molecule has 4 aromatic carbocycles. The first-order valence-corrected chi connectivity index (χ1v) is 11.8. The third-order valence-electron chi connectivity index (χ3n) is 8.08. The summed E-state index contributed by atoms with van der Waals surface area (Å²) < 4.78 is 7.07. The summed E-state index contributed by atoms with van der Waals surface area (Å²) in [5, 5.41) is 2.52. The summed E-state index contributed by atoms with van der Waals surface area (Å²) >= 11 is 0. The van der Waals surface area contributed by atoms with E-state index >= 15 is 0 Å². The lowest BCUT2D eigenvalue weighted by Gasteiger charge is -2.48.